The van der Waals surface area contributed by atoms with Gasteiger partial charge in [0.25, 0.3) is 8.07 Å². The third-order valence-electron chi connectivity index (χ3n) is 4.07. The van der Waals surface area contributed by atoms with Gasteiger partial charge >= 0.3 is 0 Å². The summed E-state index contributed by atoms with van der Waals surface area (Å²) in [5.41, 5.74) is -0.129. The molecule has 0 aromatic heterocycles. The lowest BCUT2D eigenvalue weighted by Crippen LogP contribution is -2.58. The van der Waals surface area contributed by atoms with Crippen LogP contribution in [0.2, 0.25) is 6.55 Å². The molecule has 17 heavy (non-hydrogen) atoms. The maximum Gasteiger partial charge on any atom is 0.275 e. The van der Waals surface area contributed by atoms with Gasteiger partial charge in [-0.25, -0.2) is 0 Å². The van der Waals surface area contributed by atoms with Crippen LogP contribution in [0.15, 0.2) is 0 Å². The average Bonchev–Trinajstić information content (AvgIpc) is 2.21. The Balaban J connectivity index is 2.87. The van der Waals surface area contributed by atoms with Crippen LogP contribution in [-0.4, -0.2) is 37.5 Å². The zero-order valence-corrected chi connectivity index (χ0v) is 12.0. The molecule has 5 heteroatoms. The summed E-state index contributed by atoms with van der Waals surface area (Å²) in [5.74, 6) is 0. The molecule has 96 valence electrons. The van der Waals surface area contributed by atoms with E-state index in [2.05, 4.69) is 0 Å². The van der Waals surface area contributed by atoms with E-state index in [4.69, 9.17) is 4.74 Å². The van der Waals surface area contributed by atoms with Crippen LogP contribution in [0.5, 0.6) is 0 Å². The summed E-state index contributed by atoms with van der Waals surface area (Å²) >= 11 is 0. The fraction of sp³-hybridized carbons (Fsp3) is 0.750. The molecule has 0 amide bonds. The molecule has 0 aromatic rings. The molecule has 1 saturated heterocycles. The molecule has 1 aliphatic rings. The van der Waals surface area contributed by atoms with E-state index in [1.54, 1.807) is 6.55 Å². The summed E-state index contributed by atoms with van der Waals surface area (Å²) in [4.78, 5) is 35.5. The smallest absolute Gasteiger partial charge is 0.275 e. The molecule has 0 atom stereocenters. The number of hydrogen-bond acceptors (Lipinski definition) is 4. The van der Waals surface area contributed by atoms with Crippen molar-refractivity contribution >= 4 is 24.3 Å². The Labute approximate surface area is 103 Å². The first kappa shape index (κ1) is 14.2. The molecule has 0 aliphatic carbocycles. The Morgan fingerprint density at radius 2 is 1.65 bits per heavy atom. The molecular formula is C12H20O4Si. The molecule has 1 fully saturated rings. The third kappa shape index (κ3) is 2.40. The summed E-state index contributed by atoms with van der Waals surface area (Å²) in [5, 5.41) is -0.606. The lowest BCUT2D eigenvalue weighted by molar-refractivity contribution is -0.138. The van der Waals surface area contributed by atoms with Gasteiger partial charge in [-0.15, -0.1) is 0 Å². The van der Waals surface area contributed by atoms with Crippen molar-refractivity contribution in [3.63, 3.8) is 0 Å². The summed E-state index contributed by atoms with van der Waals surface area (Å²) < 4.78 is 5.16. The first-order valence-corrected chi connectivity index (χ1v) is 8.41. The van der Waals surface area contributed by atoms with Crippen molar-refractivity contribution in [2.75, 3.05) is 13.2 Å². The standard InChI is InChI=1S/C12H20O4Si/c1-5-12(7-16-8-12)6-11(15)17(4,9(2)13)10(3)14/h5-8H2,1-4H3. The van der Waals surface area contributed by atoms with Gasteiger partial charge in [0.1, 0.15) is 16.2 Å². The molecule has 0 unspecified atom stereocenters. The predicted molar refractivity (Wildman–Crippen MR) is 66.1 cm³/mol. The Hall–Kier alpha value is -0.813. The van der Waals surface area contributed by atoms with Crippen LogP contribution in [0.3, 0.4) is 0 Å². The van der Waals surface area contributed by atoms with Gasteiger partial charge in [-0.05, 0) is 26.8 Å². The molecule has 4 nitrogen and oxygen atoms in total. The molecule has 0 spiro atoms. The van der Waals surface area contributed by atoms with Gasteiger partial charge in [-0.2, -0.15) is 0 Å². The van der Waals surface area contributed by atoms with Crippen LogP contribution in [0.1, 0.15) is 33.6 Å². The van der Waals surface area contributed by atoms with Crippen molar-refractivity contribution in [1.82, 2.24) is 0 Å². The van der Waals surface area contributed by atoms with Crippen molar-refractivity contribution in [2.24, 2.45) is 5.41 Å². The van der Waals surface area contributed by atoms with E-state index < -0.39 is 8.07 Å². The number of carbonyl (C=O) groups is 3. The van der Waals surface area contributed by atoms with E-state index in [0.717, 1.165) is 6.42 Å². The summed E-state index contributed by atoms with van der Waals surface area (Å²) in [6.07, 6.45) is 1.16. The number of rotatable bonds is 6. The molecule has 1 rings (SSSR count). The zero-order valence-electron chi connectivity index (χ0n) is 11.0. The van der Waals surface area contributed by atoms with E-state index in [1.807, 2.05) is 6.92 Å². The summed E-state index contributed by atoms with van der Waals surface area (Å²) in [7, 11) is -3.09. The van der Waals surface area contributed by atoms with Crippen LogP contribution < -0.4 is 0 Å². The van der Waals surface area contributed by atoms with Gasteiger partial charge < -0.3 is 19.1 Å². The molecular weight excluding hydrogens is 236 g/mol. The van der Waals surface area contributed by atoms with Crippen molar-refractivity contribution < 1.29 is 19.1 Å². The first-order valence-electron chi connectivity index (χ1n) is 5.91. The van der Waals surface area contributed by atoms with E-state index in [1.165, 1.54) is 13.8 Å². The number of carbonyl (C=O) groups excluding carboxylic acids is 3. The molecule has 0 bridgehead atoms. The second-order valence-corrected chi connectivity index (χ2v) is 9.40. The SMILES string of the molecule is CCC1(CC(=O)[Si](C)(C(C)=O)C(C)=O)COC1. The van der Waals surface area contributed by atoms with Crippen LogP contribution in [0.25, 0.3) is 0 Å². The predicted octanol–water partition coefficient (Wildman–Crippen LogP) is 1.25. The second kappa shape index (κ2) is 4.82. The van der Waals surface area contributed by atoms with Gasteiger partial charge in [-0.3, -0.25) is 0 Å². The summed E-state index contributed by atoms with van der Waals surface area (Å²) in [6.45, 7) is 7.44. The number of hydrogen-bond donors (Lipinski definition) is 0. The normalized spacial score (nSPS) is 18.4. The minimum absolute atomic E-state index is 0.129. The maximum absolute atomic E-state index is 12.3. The quantitative estimate of drug-likeness (QED) is 0.671. The lowest BCUT2D eigenvalue weighted by atomic mass is 9.80. The summed E-state index contributed by atoms with van der Waals surface area (Å²) in [6, 6.07) is 0. The minimum atomic E-state index is -3.09. The van der Waals surface area contributed by atoms with E-state index >= 15 is 0 Å². The molecule has 0 saturated carbocycles. The van der Waals surface area contributed by atoms with Gasteiger partial charge in [0.2, 0.25) is 0 Å². The van der Waals surface area contributed by atoms with Crippen molar-refractivity contribution in [3.8, 4) is 0 Å². The Kier molecular flexibility index (Phi) is 4.04. The van der Waals surface area contributed by atoms with Crippen LogP contribution in [0.4, 0.5) is 0 Å². The topological polar surface area (TPSA) is 60.4 Å². The second-order valence-electron chi connectivity index (χ2n) is 5.18. The highest BCUT2D eigenvalue weighted by atomic mass is 28.3. The highest BCUT2D eigenvalue weighted by Crippen LogP contribution is 2.36. The molecule has 1 heterocycles. The van der Waals surface area contributed by atoms with Gasteiger partial charge in [-0.1, -0.05) is 6.92 Å². The Bertz CT molecular complexity index is 338. The fourth-order valence-electron chi connectivity index (χ4n) is 1.98. The van der Waals surface area contributed by atoms with Crippen molar-refractivity contribution in [2.45, 2.75) is 40.2 Å². The van der Waals surface area contributed by atoms with E-state index in [9.17, 15) is 14.4 Å². The fourth-order valence-corrected chi connectivity index (χ4v) is 3.99. The Morgan fingerprint density at radius 3 is 1.88 bits per heavy atom. The largest absolute Gasteiger partial charge is 0.380 e. The lowest BCUT2D eigenvalue weighted by Gasteiger charge is -2.41. The highest BCUT2D eigenvalue weighted by molar-refractivity contribution is 7.39. The minimum Gasteiger partial charge on any atom is -0.380 e. The molecule has 0 N–H and O–H groups in total. The van der Waals surface area contributed by atoms with Gasteiger partial charge in [0, 0.05) is 11.8 Å². The van der Waals surface area contributed by atoms with Crippen molar-refractivity contribution in [3.05, 3.63) is 0 Å². The molecule has 1 aliphatic heterocycles. The zero-order chi connectivity index (χ0) is 13.3. The van der Waals surface area contributed by atoms with E-state index in [-0.39, 0.29) is 21.6 Å². The maximum atomic E-state index is 12.3. The highest BCUT2D eigenvalue weighted by Gasteiger charge is 2.50. The van der Waals surface area contributed by atoms with Crippen LogP contribution in [-0.2, 0) is 19.1 Å². The molecule has 0 radical (unpaired) electrons. The van der Waals surface area contributed by atoms with Crippen LogP contribution in [0, 0.1) is 5.41 Å². The number of ether oxygens (including phenoxy) is 1. The monoisotopic (exact) mass is 256 g/mol. The first-order chi connectivity index (χ1) is 7.78. The third-order valence-corrected chi connectivity index (χ3v) is 8.18. The van der Waals surface area contributed by atoms with Crippen molar-refractivity contribution in [1.29, 1.82) is 0 Å². The van der Waals surface area contributed by atoms with E-state index in [0.29, 0.717) is 19.6 Å². The van der Waals surface area contributed by atoms with Gasteiger partial charge in [0.05, 0.1) is 13.2 Å². The molecule has 0 aromatic carbocycles. The average molecular weight is 256 g/mol. The van der Waals surface area contributed by atoms with Gasteiger partial charge in [0.15, 0.2) is 0 Å². The Morgan fingerprint density at radius 1 is 1.18 bits per heavy atom. The van der Waals surface area contributed by atoms with Crippen LogP contribution >= 0.6 is 0 Å².